The van der Waals surface area contributed by atoms with Gasteiger partial charge in [-0.15, -0.1) is 10.2 Å². The first-order chi connectivity index (χ1) is 8.76. The predicted octanol–water partition coefficient (Wildman–Crippen LogP) is 2.88. The van der Waals surface area contributed by atoms with Crippen LogP contribution in [0.25, 0.3) is 10.6 Å². The SMILES string of the molecule is CCNC(C)c1nnc(-c2ccccc2OC)s1. The summed E-state index contributed by atoms with van der Waals surface area (Å²) < 4.78 is 5.34. The Morgan fingerprint density at radius 3 is 2.83 bits per heavy atom. The van der Waals surface area contributed by atoms with Crippen LogP contribution in [0.2, 0.25) is 0 Å². The third kappa shape index (κ3) is 2.68. The number of rotatable bonds is 5. The lowest BCUT2D eigenvalue weighted by Gasteiger charge is -2.07. The second kappa shape index (κ2) is 5.93. The maximum absolute atomic E-state index is 5.34. The molecule has 1 N–H and O–H groups in total. The van der Waals surface area contributed by atoms with Crippen molar-refractivity contribution in [3.8, 4) is 16.3 Å². The van der Waals surface area contributed by atoms with Gasteiger partial charge in [0, 0.05) is 0 Å². The zero-order chi connectivity index (χ0) is 13.0. The Hall–Kier alpha value is -1.46. The van der Waals surface area contributed by atoms with E-state index in [1.807, 2.05) is 24.3 Å². The van der Waals surface area contributed by atoms with E-state index in [0.717, 1.165) is 27.9 Å². The number of para-hydroxylation sites is 1. The van der Waals surface area contributed by atoms with Gasteiger partial charge in [-0.2, -0.15) is 0 Å². The molecule has 2 aromatic rings. The van der Waals surface area contributed by atoms with Crippen LogP contribution in [0.4, 0.5) is 0 Å². The summed E-state index contributed by atoms with van der Waals surface area (Å²) in [5.41, 5.74) is 0.993. The van der Waals surface area contributed by atoms with Gasteiger partial charge in [0.05, 0.1) is 18.7 Å². The predicted molar refractivity (Wildman–Crippen MR) is 74.0 cm³/mol. The van der Waals surface area contributed by atoms with Gasteiger partial charge in [-0.05, 0) is 25.6 Å². The molecule has 0 fully saturated rings. The van der Waals surface area contributed by atoms with Crippen molar-refractivity contribution >= 4 is 11.3 Å². The van der Waals surface area contributed by atoms with Crippen molar-refractivity contribution in [2.45, 2.75) is 19.9 Å². The monoisotopic (exact) mass is 263 g/mol. The third-order valence-electron chi connectivity index (χ3n) is 2.66. The number of ether oxygens (including phenoxy) is 1. The lowest BCUT2D eigenvalue weighted by molar-refractivity contribution is 0.416. The second-order valence-electron chi connectivity index (χ2n) is 3.93. The topological polar surface area (TPSA) is 47.0 Å². The van der Waals surface area contributed by atoms with Gasteiger partial charge < -0.3 is 10.1 Å². The molecule has 18 heavy (non-hydrogen) atoms. The largest absolute Gasteiger partial charge is 0.496 e. The zero-order valence-electron chi connectivity index (χ0n) is 10.8. The van der Waals surface area contributed by atoms with E-state index >= 15 is 0 Å². The molecule has 96 valence electrons. The van der Waals surface area contributed by atoms with Crippen molar-refractivity contribution < 1.29 is 4.74 Å². The van der Waals surface area contributed by atoms with E-state index in [2.05, 4.69) is 29.4 Å². The van der Waals surface area contributed by atoms with Crippen molar-refractivity contribution in [2.75, 3.05) is 13.7 Å². The number of aromatic nitrogens is 2. The first-order valence-electron chi connectivity index (χ1n) is 5.96. The minimum Gasteiger partial charge on any atom is -0.496 e. The fraction of sp³-hybridized carbons (Fsp3) is 0.385. The molecule has 0 saturated carbocycles. The molecule has 0 aliphatic heterocycles. The molecular weight excluding hydrogens is 246 g/mol. The van der Waals surface area contributed by atoms with Gasteiger partial charge in [0.15, 0.2) is 5.01 Å². The maximum atomic E-state index is 5.34. The summed E-state index contributed by atoms with van der Waals surface area (Å²) in [4.78, 5) is 0. The van der Waals surface area contributed by atoms with Crippen molar-refractivity contribution in [2.24, 2.45) is 0 Å². The molecule has 0 bridgehead atoms. The van der Waals surface area contributed by atoms with Gasteiger partial charge in [0.25, 0.3) is 0 Å². The van der Waals surface area contributed by atoms with Crippen molar-refractivity contribution in [3.63, 3.8) is 0 Å². The molecule has 2 rings (SSSR count). The molecule has 0 aliphatic rings. The molecule has 1 aromatic carbocycles. The van der Waals surface area contributed by atoms with Gasteiger partial charge in [-0.1, -0.05) is 30.4 Å². The Labute approximate surface area is 111 Å². The summed E-state index contributed by atoms with van der Waals surface area (Å²) in [6.45, 7) is 5.10. The molecule has 1 unspecified atom stereocenters. The standard InChI is InChI=1S/C13H17N3OS/c1-4-14-9(2)12-15-16-13(18-12)10-7-5-6-8-11(10)17-3/h5-9,14H,4H2,1-3H3. The Morgan fingerprint density at radius 1 is 1.33 bits per heavy atom. The van der Waals surface area contributed by atoms with Crippen molar-refractivity contribution in [3.05, 3.63) is 29.3 Å². The first kappa shape index (κ1) is 13.0. The van der Waals surface area contributed by atoms with Crippen LogP contribution in [0.3, 0.4) is 0 Å². The molecular formula is C13H17N3OS. The molecule has 0 radical (unpaired) electrons. The summed E-state index contributed by atoms with van der Waals surface area (Å²) in [6.07, 6.45) is 0. The van der Waals surface area contributed by atoms with Gasteiger partial charge >= 0.3 is 0 Å². The minimum atomic E-state index is 0.232. The van der Waals surface area contributed by atoms with E-state index in [0.29, 0.717) is 0 Å². The summed E-state index contributed by atoms with van der Waals surface area (Å²) >= 11 is 1.60. The zero-order valence-corrected chi connectivity index (χ0v) is 11.6. The fourth-order valence-corrected chi connectivity index (χ4v) is 2.63. The molecule has 1 aromatic heterocycles. The molecule has 0 saturated heterocycles. The van der Waals surface area contributed by atoms with Crippen LogP contribution < -0.4 is 10.1 Å². The quantitative estimate of drug-likeness (QED) is 0.901. The first-order valence-corrected chi connectivity index (χ1v) is 6.78. The van der Waals surface area contributed by atoms with E-state index in [4.69, 9.17) is 4.74 Å². The van der Waals surface area contributed by atoms with Gasteiger partial charge in [0.1, 0.15) is 10.8 Å². The number of nitrogens with one attached hydrogen (secondary N) is 1. The van der Waals surface area contributed by atoms with Gasteiger partial charge in [-0.3, -0.25) is 0 Å². The molecule has 1 heterocycles. The van der Waals surface area contributed by atoms with Gasteiger partial charge in [-0.25, -0.2) is 0 Å². The number of nitrogens with zero attached hydrogens (tertiary/aromatic N) is 2. The highest BCUT2D eigenvalue weighted by atomic mass is 32.1. The number of methoxy groups -OCH3 is 1. The smallest absolute Gasteiger partial charge is 0.151 e. The van der Waals surface area contributed by atoms with Crippen LogP contribution in [0.5, 0.6) is 5.75 Å². The van der Waals surface area contributed by atoms with Crippen LogP contribution in [0.15, 0.2) is 24.3 Å². The average Bonchev–Trinajstić information content (AvgIpc) is 2.88. The van der Waals surface area contributed by atoms with Crippen molar-refractivity contribution in [1.82, 2.24) is 15.5 Å². The molecule has 0 amide bonds. The number of hydrogen-bond acceptors (Lipinski definition) is 5. The van der Waals surface area contributed by atoms with E-state index < -0.39 is 0 Å². The molecule has 0 spiro atoms. The van der Waals surface area contributed by atoms with E-state index in [1.54, 1.807) is 18.4 Å². The number of benzene rings is 1. The minimum absolute atomic E-state index is 0.232. The highest BCUT2D eigenvalue weighted by Crippen LogP contribution is 2.33. The molecule has 4 nitrogen and oxygen atoms in total. The molecule has 5 heteroatoms. The number of hydrogen-bond donors (Lipinski definition) is 1. The van der Waals surface area contributed by atoms with Crippen LogP contribution in [0, 0.1) is 0 Å². The fourth-order valence-electron chi connectivity index (χ4n) is 1.73. The normalized spacial score (nSPS) is 12.4. The Bertz CT molecular complexity index is 512. The van der Waals surface area contributed by atoms with Crippen molar-refractivity contribution in [1.29, 1.82) is 0 Å². The van der Waals surface area contributed by atoms with E-state index in [1.165, 1.54) is 0 Å². The van der Waals surface area contributed by atoms with E-state index in [9.17, 15) is 0 Å². The van der Waals surface area contributed by atoms with Crippen LogP contribution in [-0.2, 0) is 0 Å². The van der Waals surface area contributed by atoms with Crippen LogP contribution >= 0.6 is 11.3 Å². The Morgan fingerprint density at radius 2 is 2.11 bits per heavy atom. The molecule has 1 atom stereocenters. The summed E-state index contributed by atoms with van der Waals surface area (Å²) in [7, 11) is 1.67. The lowest BCUT2D eigenvalue weighted by atomic mass is 10.2. The molecule has 0 aliphatic carbocycles. The highest BCUT2D eigenvalue weighted by Gasteiger charge is 2.14. The Balaban J connectivity index is 2.29. The Kier molecular flexibility index (Phi) is 4.28. The summed E-state index contributed by atoms with van der Waals surface area (Å²) in [5, 5.41) is 13.7. The summed E-state index contributed by atoms with van der Waals surface area (Å²) in [6, 6.07) is 8.10. The second-order valence-corrected chi connectivity index (χ2v) is 4.93. The summed E-state index contributed by atoms with van der Waals surface area (Å²) in [5.74, 6) is 0.830. The van der Waals surface area contributed by atoms with Crippen LogP contribution in [0.1, 0.15) is 24.9 Å². The van der Waals surface area contributed by atoms with E-state index in [-0.39, 0.29) is 6.04 Å². The third-order valence-corrected chi connectivity index (χ3v) is 3.80. The maximum Gasteiger partial charge on any atom is 0.151 e. The van der Waals surface area contributed by atoms with Crippen LogP contribution in [-0.4, -0.2) is 23.9 Å². The van der Waals surface area contributed by atoms with Gasteiger partial charge in [0.2, 0.25) is 0 Å². The highest BCUT2D eigenvalue weighted by molar-refractivity contribution is 7.14. The average molecular weight is 263 g/mol. The lowest BCUT2D eigenvalue weighted by Crippen LogP contribution is -2.17.